The Bertz CT molecular complexity index is 593. The molecule has 0 unspecified atom stereocenters. The first kappa shape index (κ1) is 14.0. The molecule has 3 N–H and O–H groups in total. The third-order valence-corrected chi connectivity index (χ3v) is 3.26. The predicted octanol–water partition coefficient (Wildman–Crippen LogP) is 1.02. The van der Waals surface area contributed by atoms with Crippen molar-refractivity contribution >= 4 is 23.5 Å². The van der Waals surface area contributed by atoms with Crippen molar-refractivity contribution in [3.8, 4) is 0 Å². The van der Waals surface area contributed by atoms with E-state index in [4.69, 9.17) is 5.11 Å². The molecule has 1 heterocycles. The average molecular weight is 276 g/mol. The third kappa shape index (κ3) is 2.79. The van der Waals surface area contributed by atoms with Crippen molar-refractivity contribution in [3.63, 3.8) is 0 Å². The monoisotopic (exact) mass is 276 g/mol. The Morgan fingerprint density at radius 1 is 1.40 bits per heavy atom. The van der Waals surface area contributed by atoms with Gasteiger partial charge in [-0.05, 0) is 37.6 Å². The molecule has 6 heteroatoms. The highest BCUT2D eigenvalue weighted by Gasteiger charge is 2.28. The molecule has 0 saturated heterocycles. The smallest absolute Gasteiger partial charge is 0.310 e. The minimum atomic E-state index is -1.02. The Kier molecular flexibility index (Phi) is 3.48. The van der Waals surface area contributed by atoms with Crippen molar-refractivity contribution in [1.29, 1.82) is 0 Å². The van der Waals surface area contributed by atoms with Crippen LogP contribution in [-0.4, -0.2) is 29.4 Å². The van der Waals surface area contributed by atoms with Crippen molar-refractivity contribution in [1.82, 2.24) is 5.32 Å². The first-order valence-electron chi connectivity index (χ1n) is 6.24. The molecule has 106 valence electrons. The second-order valence-electron chi connectivity index (χ2n) is 5.47. The van der Waals surface area contributed by atoms with Gasteiger partial charge in [0, 0.05) is 17.8 Å². The summed E-state index contributed by atoms with van der Waals surface area (Å²) in [6.07, 6.45) is 0.261. The Morgan fingerprint density at radius 3 is 2.75 bits per heavy atom. The molecule has 2 amide bonds. The standard InChI is InChI=1S/C14H16N2O4/c1-14(2,13(19)20)7-15-12(18)8-3-4-10-9(5-8)6-11(17)16-10/h3-5H,6-7H2,1-2H3,(H,15,18)(H,16,17)(H,19,20). The molecule has 6 nitrogen and oxygen atoms in total. The van der Waals surface area contributed by atoms with Gasteiger partial charge in [-0.25, -0.2) is 0 Å². The summed E-state index contributed by atoms with van der Waals surface area (Å²) in [4.78, 5) is 34.2. The zero-order valence-corrected chi connectivity index (χ0v) is 11.3. The molecule has 1 aliphatic rings. The molecule has 1 aliphatic heterocycles. The first-order valence-corrected chi connectivity index (χ1v) is 6.24. The normalized spacial score (nSPS) is 13.6. The third-order valence-electron chi connectivity index (χ3n) is 3.26. The number of hydrogen-bond donors (Lipinski definition) is 3. The zero-order valence-electron chi connectivity index (χ0n) is 11.3. The molecule has 0 fully saturated rings. The number of benzene rings is 1. The number of rotatable bonds is 4. The maximum atomic E-state index is 12.0. The van der Waals surface area contributed by atoms with Gasteiger partial charge in [-0.2, -0.15) is 0 Å². The predicted molar refractivity (Wildman–Crippen MR) is 72.5 cm³/mol. The second-order valence-corrected chi connectivity index (χ2v) is 5.47. The van der Waals surface area contributed by atoms with Crippen LogP contribution in [0.3, 0.4) is 0 Å². The number of aliphatic carboxylic acids is 1. The lowest BCUT2D eigenvalue weighted by Gasteiger charge is -2.19. The largest absolute Gasteiger partial charge is 0.481 e. The molecule has 0 atom stereocenters. The molecule has 20 heavy (non-hydrogen) atoms. The van der Waals surface area contributed by atoms with Gasteiger partial charge in [0.2, 0.25) is 5.91 Å². The SMILES string of the molecule is CC(C)(CNC(=O)c1ccc2c(c1)CC(=O)N2)C(=O)O. The Balaban J connectivity index is 2.06. The minimum absolute atomic E-state index is 0.0371. The zero-order chi connectivity index (χ0) is 14.9. The van der Waals surface area contributed by atoms with E-state index in [9.17, 15) is 14.4 Å². The van der Waals surface area contributed by atoms with E-state index < -0.39 is 11.4 Å². The van der Waals surface area contributed by atoms with Crippen molar-refractivity contribution in [2.75, 3.05) is 11.9 Å². The average Bonchev–Trinajstić information content (AvgIpc) is 2.74. The summed E-state index contributed by atoms with van der Waals surface area (Å²) in [5.41, 5.74) is 0.892. The van der Waals surface area contributed by atoms with E-state index >= 15 is 0 Å². The van der Waals surface area contributed by atoms with Gasteiger partial charge in [0.05, 0.1) is 11.8 Å². The number of amides is 2. The maximum Gasteiger partial charge on any atom is 0.310 e. The number of carboxylic acid groups (broad SMARTS) is 1. The van der Waals surface area contributed by atoms with Crippen LogP contribution in [0.2, 0.25) is 0 Å². The molecule has 0 saturated carbocycles. The van der Waals surface area contributed by atoms with Gasteiger partial charge < -0.3 is 15.7 Å². The summed E-state index contributed by atoms with van der Waals surface area (Å²) in [5.74, 6) is -1.41. The highest BCUT2D eigenvalue weighted by Crippen LogP contribution is 2.24. The van der Waals surface area contributed by atoms with Gasteiger partial charge in [0.15, 0.2) is 0 Å². The molecule has 1 aromatic carbocycles. The summed E-state index contributed by atoms with van der Waals surface area (Å²) in [6.45, 7) is 3.12. The lowest BCUT2D eigenvalue weighted by atomic mass is 9.94. The fraction of sp³-hybridized carbons (Fsp3) is 0.357. The summed E-state index contributed by atoms with van der Waals surface area (Å²) in [6, 6.07) is 4.93. The number of fused-ring (bicyclic) bond motifs is 1. The lowest BCUT2D eigenvalue weighted by molar-refractivity contribution is -0.146. The van der Waals surface area contributed by atoms with Gasteiger partial charge in [-0.15, -0.1) is 0 Å². The first-order chi connectivity index (χ1) is 9.29. The van der Waals surface area contributed by atoms with Crippen molar-refractivity contribution in [2.24, 2.45) is 5.41 Å². The molecular formula is C14H16N2O4. The van der Waals surface area contributed by atoms with E-state index in [1.807, 2.05) is 0 Å². The highest BCUT2D eigenvalue weighted by molar-refractivity contribution is 6.01. The fourth-order valence-electron chi connectivity index (χ4n) is 1.85. The second kappa shape index (κ2) is 4.96. The fourth-order valence-corrected chi connectivity index (χ4v) is 1.85. The van der Waals surface area contributed by atoms with E-state index in [0.717, 1.165) is 11.3 Å². The van der Waals surface area contributed by atoms with E-state index in [0.29, 0.717) is 5.56 Å². The van der Waals surface area contributed by atoms with Gasteiger partial charge in [-0.1, -0.05) is 0 Å². The van der Waals surface area contributed by atoms with Gasteiger partial charge in [0.25, 0.3) is 5.91 Å². The summed E-state index contributed by atoms with van der Waals surface area (Å²) < 4.78 is 0. The number of hydrogen-bond acceptors (Lipinski definition) is 3. The van der Waals surface area contributed by atoms with Crippen LogP contribution < -0.4 is 10.6 Å². The molecule has 0 aliphatic carbocycles. The van der Waals surface area contributed by atoms with E-state index in [1.165, 1.54) is 0 Å². The van der Waals surface area contributed by atoms with Crippen molar-refractivity contribution in [2.45, 2.75) is 20.3 Å². The van der Waals surface area contributed by atoms with E-state index in [2.05, 4.69) is 10.6 Å². The molecule has 0 radical (unpaired) electrons. The molecule has 2 rings (SSSR count). The van der Waals surface area contributed by atoms with Gasteiger partial charge in [-0.3, -0.25) is 14.4 Å². The van der Waals surface area contributed by atoms with Crippen LogP contribution in [0.4, 0.5) is 5.69 Å². The molecule has 0 aromatic heterocycles. The highest BCUT2D eigenvalue weighted by atomic mass is 16.4. The van der Waals surface area contributed by atoms with Gasteiger partial charge in [0.1, 0.15) is 0 Å². The minimum Gasteiger partial charge on any atom is -0.481 e. The number of nitrogens with one attached hydrogen (secondary N) is 2. The topological polar surface area (TPSA) is 95.5 Å². The van der Waals surface area contributed by atoms with Gasteiger partial charge >= 0.3 is 5.97 Å². The van der Waals surface area contributed by atoms with E-state index in [-0.39, 0.29) is 24.8 Å². The Hall–Kier alpha value is -2.37. The van der Waals surface area contributed by atoms with E-state index in [1.54, 1.807) is 32.0 Å². The van der Waals surface area contributed by atoms with Crippen LogP contribution in [-0.2, 0) is 16.0 Å². The van der Waals surface area contributed by atoms with Crippen LogP contribution >= 0.6 is 0 Å². The van der Waals surface area contributed by atoms with Crippen LogP contribution in [0.5, 0.6) is 0 Å². The number of carboxylic acids is 1. The number of carbonyl (C=O) groups excluding carboxylic acids is 2. The molecule has 0 bridgehead atoms. The summed E-state index contributed by atoms with van der Waals surface area (Å²) in [5, 5.41) is 14.3. The molecular weight excluding hydrogens is 260 g/mol. The molecule has 0 spiro atoms. The quantitative estimate of drug-likeness (QED) is 0.765. The Labute approximate surface area is 116 Å². The lowest BCUT2D eigenvalue weighted by Crippen LogP contribution is -2.38. The van der Waals surface area contributed by atoms with Crippen LogP contribution in [0.25, 0.3) is 0 Å². The van der Waals surface area contributed by atoms with Crippen LogP contribution in [0.15, 0.2) is 18.2 Å². The van der Waals surface area contributed by atoms with Crippen LogP contribution in [0, 0.1) is 5.41 Å². The van der Waals surface area contributed by atoms with Crippen molar-refractivity contribution < 1.29 is 19.5 Å². The van der Waals surface area contributed by atoms with Crippen molar-refractivity contribution in [3.05, 3.63) is 29.3 Å². The number of carbonyl (C=O) groups is 3. The summed E-state index contributed by atoms with van der Waals surface area (Å²) in [7, 11) is 0. The Morgan fingerprint density at radius 2 is 2.10 bits per heavy atom. The maximum absolute atomic E-state index is 12.0. The molecule has 1 aromatic rings. The summed E-state index contributed by atoms with van der Waals surface area (Å²) >= 11 is 0. The van der Waals surface area contributed by atoms with Crippen LogP contribution in [0.1, 0.15) is 29.8 Å². The number of anilines is 1.